The molecule has 0 heterocycles. The van der Waals surface area contributed by atoms with E-state index in [0.717, 1.165) is 23.7 Å². The maximum Gasteiger partial charge on any atom is 0.146 e. The minimum atomic E-state index is -0.239. The molecule has 2 aromatic rings. The van der Waals surface area contributed by atoms with Crippen LogP contribution in [-0.2, 0) is 12.8 Å². The van der Waals surface area contributed by atoms with E-state index in [1.165, 1.54) is 17.2 Å². The first-order chi connectivity index (χ1) is 10.2. The predicted octanol–water partition coefficient (Wildman–Crippen LogP) is 4.57. The number of methoxy groups -OCH3 is 1. The first kappa shape index (κ1) is 14.4. The van der Waals surface area contributed by atoms with Gasteiger partial charge in [-0.3, -0.25) is 0 Å². The number of rotatable bonds is 3. The molecule has 3 rings (SSSR count). The molecule has 0 amide bonds. The molecule has 4 heteroatoms. The van der Waals surface area contributed by atoms with Crippen LogP contribution >= 0.6 is 15.9 Å². The average Bonchev–Trinajstić information content (AvgIpc) is 2.49. The van der Waals surface area contributed by atoms with E-state index in [1.54, 1.807) is 19.2 Å². The first-order valence-electron chi connectivity index (χ1n) is 7.03. The third-order valence-electron chi connectivity index (χ3n) is 3.93. The maximum atomic E-state index is 13.9. The van der Waals surface area contributed by atoms with E-state index < -0.39 is 0 Å². The van der Waals surface area contributed by atoms with Crippen molar-refractivity contribution < 1.29 is 9.13 Å². The lowest BCUT2D eigenvalue weighted by Crippen LogP contribution is -2.27. The summed E-state index contributed by atoms with van der Waals surface area (Å²) in [5, 5.41) is 3.31. The van der Waals surface area contributed by atoms with Crippen LogP contribution in [0.25, 0.3) is 0 Å². The highest BCUT2D eigenvalue weighted by molar-refractivity contribution is 9.10. The topological polar surface area (TPSA) is 21.3 Å². The van der Waals surface area contributed by atoms with Crippen LogP contribution in [0.1, 0.15) is 17.5 Å². The van der Waals surface area contributed by atoms with Gasteiger partial charge in [-0.1, -0.05) is 22.0 Å². The lowest BCUT2D eigenvalue weighted by Gasteiger charge is -2.27. The van der Waals surface area contributed by atoms with Gasteiger partial charge in [-0.25, -0.2) is 4.39 Å². The molecule has 0 fully saturated rings. The summed E-state index contributed by atoms with van der Waals surface area (Å²) in [4.78, 5) is 0. The second-order valence-electron chi connectivity index (χ2n) is 5.34. The number of hydrogen-bond donors (Lipinski definition) is 1. The van der Waals surface area contributed by atoms with Gasteiger partial charge in [0.1, 0.15) is 11.6 Å². The smallest absolute Gasteiger partial charge is 0.146 e. The first-order valence-corrected chi connectivity index (χ1v) is 7.82. The Hall–Kier alpha value is -1.55. The normalized spacial score (nSPS) is 17.2. The van der Waals surface area contributed by atoms with Crippen LogP contribution in [0, 0.1) is 5.82 Å². The lowest BCUT2D eigenvalue weighted by atomic mass is 9.88. The zero-order valence-electron chi connectivity index (χ0n) is 11.8. The van der Waals surface area contributed by atoms with Gasteiger partial charge in [0.25, 0.3) is 0 Å². The predicted molar refractivity (Wildman–Crippen MR) is 86.5 cm³/mol. The zero-order chi connectivity index (χ0) is 14.8. The van der Waals surface area contributed by atoms with Crippen molar-refractivity contribution in [3.05, 3.63) is 57.8 Å². The molecular formula is C17H17BrFNO. The molecule has 1 atom stereocenters. The van der Waals surface area contributed by atoms with Crippen LogP contribution in [0.3, 0.4) is 0 Å². The van der Waals surface area contributed by atoms with Gasteiger partial charge < -0.3 is 10.1 Å². The quantitative estimate of drug-likeness (QED) is 0.876. The van der Waals surface area contributed by atoms with E-state index in [1.807, 2.05) is 0 Å². The van der Waals surface area contributed by atoms with Gasteiger partial charge in [-0.2, -0.15) is 0 Å². The molecule has 0 bridgehead atoms. The van der Waals surface area contributed by atoms with Gasteiger partial charge in [-0.05, 0) is 54.7 Å². The summed E-state index contributed by atoms with van der Waals surface area (Å²) < 4.78 is 20.2. The largest absolute Gasteiger partial charge is 0.497 e. The minimum absolute atomic E-state index is 0.239. The Bertz CT molecular complexity index is 659. The zero-order valence-corrected chi connectivity index (χ0v) is 13.4. The molecule has 1 N–H and O–H groups in total. The van der Waals surface area contributed by atoms with Crippen molar-refractivity contribution in [2.24, 2.45) is 0 Å². The molecule has 0 saturated carbocycles. The van der Waals surface area contributed by atoms with E-state index in [4.69, 9.17) is 4.74 Å². The summed E-state index contributed by atoms with van der Waals surface area (Å²) in [6.45, 7) is 0. The molecule has 0 saturated heterocycles. The van der Waals surface area contributed by atoms with Crippen molar-refractivity contribution in [3.63, 3.8) is 0 Å². The SMILES string of the molecule is COc1ccc(F)c(NC2CCc3cc(Br)ccc3C2)c1. The van der Waals surface area contributed by atoms with Crippen LogP contribution in [0.15, 0.2) is 40.9 Å². The van der Waals surface area contributed by atoms with Crippen LogP contribution in [0.5, 0.6) is 5.75 Å². The van der Waals surface area contributed by atoms with Gasteiger partial charge in [-0.15, -0.1) is 0 Å². The van der Waals surface area contributed by atoms with Crippen molar-refractivity contribution in [1.82, 2.24) is 0 Å². The third kappa shape index (κ3) is 3.21. The molecule has 2 aromatic carbocycles. The summed E-state index contributed by atoms with van der Waals surface area (Å²) in [6.07, 6.45) is 2.93. The summed E-state index contributed by atoms with van der Waals surface area (Å²) >= 11 is 3.51. The Balaban J connectivity index is 1.76. The number of benzene rings is 2. The molecule has 0 radical (unpaired) electrons. The summed E-state index contributed by atoms with van der Waals surface area (Å²) in [5.41, 5.74) is 3.23. The maximum absolute atomic E-state index is 13.9. The number of fused-ring (bicyclic) bond motifs is 1. The van der Waals surface area contributed by atoms with E-state index in [9.17, 15) is 4.39 Å². The number of halogens is 2. The molecule has 1 unspecified atom stereocenters. The summed E-state index contributed by atoms with van der Waals surface area (Å²) in [6, 6.07) is 11.4. The van der Waals surface area contributed by atoms with Crippen molar-refractivity contribution in [2.75, 3.05) is 12.4 Å². The molecule has 0 spiro atoms. The fourth-order valence-corrected chi connectivity index (χ4v) is 3.22. The Kier molecular flexibility index (Phi) is 4.15. The number of anilines is 1. The molecular weight excluding hydrogens is 333 g/mol. The number of aryl methyl sites for hydroxylation is 1. The highest BCUT2D eigenvalue weighted by Crippen LogP contribution is 2.28. The van der Waals surface area contributed by atoms with E-state index in [-0.39, 0.29) is 11.9 Å². The number of hydrogen-bond acceptors (Lipinski definition) is 2. The number of ether oxygens (including phenoxy) is 1. The number of nitrogens with one attached hydrogen (secondary N) is 1. The van der Waals surface area contributed by atoms with Crippen LogP contribution < -0.4 is 10.1 Å². The lowest BCUT2D eigenvalue weighted by molar-refractivity contribution is 0.414. The van der Waals surface area contributed by atoms with Gasteiger partial charge in [0.2, 0.25) is 0 Å². The van der Waals surface area contributed by atoms with Crippen LogP contribution in [0.4, 0.5) is 10.1 Å². The Morgan fingerprint density at radius 1 is 1.19 bits per heavy atom. The third-order valence-corrected chi connectivity index (χ3v) is 4.42. The fraction of sp³-hybridized carbons (Fsp3) is 0.294. The van der Waals surface area contributed by atoms with Crippen LogP contribution in [0.2, 0.25) is 0 Å². The summed E-state index contributed by atoms with van der Waals surface area (Å²) in [7, 11) is 1.59. The van der Waals surface area contributed by atoms with Gasteiger partial charge in [0, 0.05) is 16.6 Å². The molecule has 0 aliphatic heterocycles. The molecule has 110 valence electrons. The molecule has 2 nitrogen and oxygen atoms in total. The average molecular weight is 350 g/mol. The molecule has 1 aliphatic rings. The van der Waals surface area contributed by atoms with Crippen molar-refractivity contribution >= 4 is 21.6 Å². The Labute approximate surface area is 132 Å². The van der Waals surface area contributed by atoms with Crippen molar-refractivity contribution in [3.8, 4) is 5.75 Å². The standard InChI is InChI=1S/C17H17BrFNO/c1-21-15-6-7-16(19)17(10-15)20-14-5-3-11-8-13(18)4-2-12(11)9-14/h2,4,6-8,10,14,20H,3,5,9H2,1H3. The Morgan fingerprint density at radius 2 is 2.05 bits per heavy atom. The highest BCUT2D eigenvalue weighted by atomic mass is 79.9. The van der Waals surface area contributed by atoms with E-state index in [2.05, 4.69) is 39.4 Å². The monoisotopic (exact) mass is 349 g/mol. The fourth-order valence-electron chi connectivity index (χ4n) is 2.81. The second kappa shape index (κ2) is 6.06. The van der Waals surface area contributed by atoms with Gasteiger partial charge in [0.05, 0.1) is 12.8 Å². The van der Waals surface area contributed by atoms with Gasteiger partial charge >= 0.3 is 0 Å². The minimum Gasteiger partial charge on any atom is -0.497 e. The molecule has 1 aliphatic carbocycles. The van der Waals surface area contributed by atoms with Crippen molar-refractivity contribution in [2.45, 2.75) is 25.3 Å². The molecule has 21 heavy (non-hydrogen) atoms. The van der Waals surface area contributed by atoms with Gasteiger partial charge in [0.15, 0.2) is 0 Å². The summed E-state index contributed by atoms with van der Waals surface area (Å²) in [5.74, 6) is 0.427. The second-order valence-corrected chi connectivity index (χ2v) is 6.26. The Morgan fingerprint density at radius 3 is 2.86 bits per heavy atom. The van der Waals surface area contributed by atoms with Crippen molar-refractivity contribution in [1.29, 1.82) is 0 Å². The molecule has 0 aromatic heterocycles. The van der Waals surface area contributed by atoms with E-state index in [0.29, 0.717) is 11.4 Å². The van der Waals surface area contributed by atoms with E-state index >= 15 is 0 Å². The van der Waals surface area contributed by atoms with Crippen LogP contribution in [-0.4, -0.2) is 13.2 Å². The highest BCUT2D eigenvalue weighted by Gasteiger charge is 2.19.